The monoisotopic (exact) mass is 252 g/mol. The first-order valence-corrected chi connectivity index (χ1v) is 4.73. The van der Waals surface area contributed by atoms with Crippen LogP contribution in [0.2, 0.25) is 0 Å². The van der Waals surface area contributed by atoms with Gasteiger partial charge < -0.3 is 16.6 Å². The molecule has 17 heavy (non-hydrogen) atoms. The van der Waals surface area contributed by atoms with Crippen LogP contribution >= 0.6 is 0 Å². The predicted octanol–water partition coefficient (Wildman–Crippen LogP) is 0.152. The number of carbonyl (C=O) groups excluding carboxylic acids is 1. The number of carboxylic acids is 1. The highest BCUT2D eigenvalue weighted by atomic mass is 19.4. The molecule has 2 atom stereocenters. The summed E-state index contributed by atoms with van der Waals surface area (Å²) in [5.74, 6) is -3.87. The lowest BCUT2D eigenvalue weighted by Crippen LogP contribution is -2.31. The Kier molecular flexibility index (Phi) is 3.46. The summed E-state index contributed by atoms with van der Waals surface area (Å²) in [7, 11) is 0. The smallest absolute Gasteiger partial charge is 0.421 e. The lowest BCUT2D eigenvalue weighted by atomic mass is 10.0. The molecule has 0 unspecified atom stereocenters. The molecule has 1 aliphatic carbocycles. The molecule has 1 saturated carbocycles. The van der Waals surface area contributed by atoms with Crippen LogP contribution in [-0.4, -0.2) is 29.2 Å². The summed E-state index contributed by atoms with van der Waals surface area (Å²) in [5, 5.41) is 8.70. The molecule has 0 spiro atoms. The van der Waals surface area contributed by atoms with Crippen molar-refractivity contribution in [3.63, 3.8) is 0 Å². The van der Waals surface area contributed by atoms with E-state index in [1.54, 1.807) is 0 Å². The van der Waals surface area contributed by atoms with Gasteiger partial charge >= 0.3 is 12.1 Å². The minimum Gasteiger partial charge on any atom is -0.481 e. The van der Waals surface area contributed by atoms with Crippen molar-refractivity contribution >= 4 is 11.9 Å². The summed E-state index contributed by atoms with van der Waals surface area (Å²) in [5.41, 5.74) is 8.14. The zero-order chi connectivity index (χ0) is 13.4. The SMILES string of the molecule is NC(=O)/C(=C1\C[C@H](C(=O)O)C[C@@H]1N)C(F)(F)F. The minimum atomic E-state index is -4.91. The number of amides is 1. The van der Waals surface area contributed by atoms with Crippen molar-refractivity contribution in [1.29, 1.82) is 0 Å². The molecule has 0 heterocycles. The number of primary amides is 1. The number of rotatable bonds is 2. The van der Waals surface area contributed by atoms with E-state index in [-0.39, 0.29) is 6.42 Å². The van der Waals surface area contributed by atoms with E-state index in [1.807, 2.05) is 0 Å². The first-order valence-electron chi connectivity index (χ1n) is 4.73. The van der Waals surface area contributed by atoms with Gasteiger partial charge in [-0.2, -0.15) is 13.2 Å². The van der Waals surface area contributed by atoms with Crippen molar-refractivity contribution in [2.75, 3.05) is 0 Å². The van der Waals surface area contributed by atoms with Crippen LogP contribution in [0.15, 0.2) is 11.1 Å². The van der Waals surface area contributed by atoms with E-state index in [9.17, 15) is 22.8 Å². The third kappa shape index (κ3) is 2.76. The summed E-state index contributed by atoms with van der Waals surface area (Å²) in [6.45, 7) is 0. The Morgan fingerprint density at radius 1 is 1.35 bits per heavy atom. The second kappa shape index (κ2) is 4.36. The zero-order valence-corrected chi connectivity index (χ0v) is 8.62. The maximum absolute atomic E-state index is 12.6. The predicted molar refractivity (Wildman–Crippen MR) is 50.6 cm³/mol. The van der Waals surface area contributed by atoms with E-state index in [0.29, 0.717) is 0 Å². The fourth-order valence-electron chi connectivity index (χ4n) is 1.90. The summed E-state index contributed by atoms with van der Waals surface area (Å²) >= 11 is 0. The number of halogens is 3. The van der Waals surface area contributed by atoms with Crippen LogP contribution in [0.1, 0.15) is 12.8 Å². The number of alkyl halides is 3. The molecule has 0 radical (unpaired) electrons. The molecule has 5 nitrogen and oxygen atoms in total. The average Bonchev–Trinajstić information content (AvgIpc) is 2.45. The zero-order valence-electron chi connectivity index (χ0n) is 8.62. The third-order valence-electron chi connectivity index (χ3n) is 2.65. The van der Waals surface area contributed by atoms with Crippen LogP contribution in [0, 0.1) is 5.92 Å². The van der Waals surface area contributed by atoms with Crippen LogP contribution in [0.3, 0.4) is 0 Å². The van der Waals surface area contributed by atoms with E-state index >= 15 is 0 Å². The number of nitrogens with two attached hydrogens (primary N) is 2. The molecule has 1 fully saturated rings. The maximum Gasteiger partial charge on any atom is 0.421 e. The van der Waals surface area contributed by atoms with Gasteiger partial charge in [-0.05, 0) is 18.4 Å². The number of carboxylic acid groups (broad SMARTS) is 1. The van der Waals surface area contributed by atoms with E-state index in [1.165, 1.54) is 0 Å². The number of hydrogen-bond donors (Lipinski definition) is 3. The average molecular weight is 252 g/mol. The second-order valence-corrected chi connectivity index (χ2v) is 3.84. The highest BCUT2D eigenvalue weighted by molar-refractivity contribution is 5.94. The Morgan fingerprint density at radius 2 is 1.88 bits per heavy atom. The van der Waals surface area contributed by atoms with Crippen molar-refractivity contribution in [3.05, 3.63) is 11.1 Å². The molecule has 0 aliphatic heterocycles. The van der Waals surface area contributed by atoms with Crippen molar-refractivity contribution in [2.45, 2.75) is 25.1 Å². The topological polar surface area (TPSA) is 106 Å². The summed E-state index contributed by atoms with van der Waals surface area (Å²) in [4.78, 5) is 21.5. The Morgan fingerprint density at radius 3 is 2.18 bits per heavy atom. The van der Waals surface area contributed by atoms with Gasteiger partial charge in [0.15, 0.2) is 0 Å². The van der Waals surface area contributed by atoms with Gasteiger partial charge in [-0.1, -0.05) is 0 Å². The first-order chi connectivity index (χ1) is 7.64. The molecule has 0 aromatic heterocycles. The van der Waals surface area contributed by atoms with Gasteiger partial charge in [-0.25, -0.2) is 0 Å². The quantitative estimate of drug-likeness (QED) is 0.608. The van der Waals surface area contributed by atoms with Crippen LogP contribution < -0.4 is 11.5 Å². The third-order valence-corrected chi connectivity index (χ3v) is 2.65. The van der Waals surface area contributed by atoms with Gasteiger partial charge in [0.25, 0.3) is 5.91 Å². The molecule has 0 aromatic carbocycles. The van der Waals surface area contributed by atoms with Gasteiger partial charge in [-0.15, -0.1) is 0 Å². The Balaban J connectivity index is 3.18. The molecular formula is C9H11F3N2O3. The standard InChI is InChI=1S/C9H11F3N2O3/c10-9(11,12)6(7(14)15)4-1-3(8(16)17)2-5(4)13/h3,5H,1-2,13H2,(H2,14,15)(H,16,17)/b6-4-/t3-,5-/m0/s1. The fraction of sp³-hybridized carbons (Fsp3) is 0.556. The van der Waals surface area contributed by atoms with Crippen LogP contribution in [-0.2, 0) is 9.59 Å². The number of carbonyl (C=O) groups is 2. The molecular weight excluding hydrogens is 241 g/mol. The Bertz CT molecular complexity index is 389. The highest BCUT2D eigenvalue weighted by Crippen LogP contribution is 2.37. The Labute approximate surface area is 94.3 Å². The summed E-state index contributed by atoms with van der Waals surface area (Å²) < 4.78 is 37.7. The molecule has 1 amide bonds. The molecule has 8 heteroatoms. The molecule has 0 bridgehead atoms. The number of hydrogen-bond acceptors (Lipinski definition) is 3. The first kappa shape index (κ1) is 13.5. The van der Waals surface area contributed by atoms with Gasteiger partial charge in [0.05, 0.1) is 5.92 Å². The largest absolute Gasteiger partial charge is 0.481 e. The van der Waals surface area contributed by atoms with Gasteiger partial charge in [0.1, 0.15) is 5.57 Å². The van der Waals surface area contributed by atoms with Crippen molar-refractivity contribution < 1.29 is 27.9 Å². The lowest BCUT2D eigenvalue weighted by molar-refractivity contribution is -0.141. The van der Waals surface area contributed by atoms with Crippen molar-refractivity contribution in [2.24, 2.45) is 17.4 Å². The maximum atomic E-state index is 12.6. The summed E-state index contributed by atoms with van der Waals surface area (Å²) in [6, 6.07) is -1.10. The van der Waals surface area contributed by atoms with Gasteiger partial charge in [-0.3, -0.25) is 9.59 Å². The number of aliphatic carboxylic acids is 1. The van der Waals surface area contributed by atoms with Crippen molar-refractivity contribution in [1.82, 2.24) is 0 Å². The van der Waals surface area contributed by atoms with E-state index in [0.717, 1.165) is 0 Å². The molecule has 1 rings (SSSR count). The van der Waals surface area contributed by atoms with E-state index in [4.69, 9.17) is 10.8 Å². The Hall–Kier alpha value is -1.57. The fourth-order valence-corrected chi connectivity index (χ4v) is 1.90. The van der Waals surface area contributed by atoms with E-state index in [2.05, 4.69) is 5.73 Å². The van der Waals surface area contributed by atoms with Gasteiger partial charge in [0.2, 0.25) is 0 Å². The molecule has 96 valence electrons. The highest BCUT2D eigenvalue weighted by Gasteiger charge is 2.44. The van der Waals surface area contributed by atoms with Crippen molar-refractivity contribution in [3.8, 4) is 0 Å². The lowest BCUT2D eigenvalue weighted by Gasteiger charge is -2.14. The normalized spacial score (nSPS) is 28.0. The van der Waals surface area contributed by atoms with Crippen LogP contribution in [0.4, 0.5) is 13.2 Å². The van der Waals surface area contributed by atoms with Gasteiger partial charge in [0, 0.05) is 6.04 Å². The molecule has 0 aromatic rings. The van der Waals surface area contributed by atoms with E-state index < -0.39 is 47.6 Å². The molecule has 5 N–H and O–H groups in total. The molecule has 0 saturated heterocycles. The summed E-state index contributed by atoms with van der Waals surface area (Å²) in [6.07, 6.45) is -5.43. The van der Waals surface area contributed by atoms with Crippen LogP contribution in [0.25, 0.3) is 0 Å². The van der Waals surface area contributed by atoms with Crippen LogP contribution in [0.5, 0.6) is 0 Å². The minimum absolute atomic E-state index is 0.127. The second-order valence-electron chi connectivity index (χ2n) is 3.84. The molecule has 1 aliphatic rings.